The molecule has 150 valence electrons. The van der Waals surface area contributed by atoms with Crippen molar-refractivity contribution in [2.45, 2.75) is 18.9 Å². The molecule has 4 rings (SSSR count). The number of anilines is 1. The van der Waals surface area contributed by atoms with E-state index in [1.54, 1.807) is 30.6 Å². The molecule has 0 saturated carbocycles. The molecule has 1 aromatic carbocycles. The Morgan fingerprint density at radius 3 is 2.86 bits per heavy atom. The second-order valence-electron chi connectivity index (χ2n) is 6.98. The number of hydrogen-bond acceptors (Lipinski definition) is 5. The third-order valence-corrected chi connectivity index (χ3v) is 5.19. The van der Waals surface area contributed by atoms with E-state index in [0.29, 0.717) is 17.1 Å². The fourth-order valence-electron chi connectivity index (χ4n) is 3.54. The van der Waals surface area contributed by atoms with Crippen LogP contribution in [0.25, 0.3) is 11.0 Å². The van der Waals surface area contributed by atoms with Crippen LogP contribution in [0.4, 0.5) is 5.82 Å². The maximum Gasteiger partial charge on any atom is 0.251 e. The van der Waals surface area contributed by atoms with Gasteiger partial charge < -0.3 is 20.5 Å². The molecule has 29 heavy (non-hydrogen) atoms. The molecule has 0 radical (unpaired) electrons. The molecule has 2 aromatic heterocycles. The highest BCUT2D eigenvalue weighted by atomic mass is 35.5. The third-order valence-electron chi connectivity index (χ3n) is 4.93. The molecule has 1 fully saturated rings. The summed E-state index contributed by atoms with van der Waals surface area (Å²) in [6.07, 6.45) is 5.21. The standard InChI is InChI=1S/C20H21ClN6O2/c21-14-5-3-13(4-6-14)20(29)23-10-17(28)26-15-2-1-9-27(11-15)19-16-7-8-22-18(16)24-12-25-19/h3-8,12,15H,1-2,9-11H2,(H,23,29)(H,26,28)(H,22,24,25)/t15-/m0/s1. The van der Waals surface area contributed by atoms with Gasteiger partial charge in [-0.05, 0) is 43.2 Å². The molecule has 1 aliphatic heterocycles. The Morgan fingerprint density at radius 2 is 2.03 bits per heavy atom. The Bertz CT molecular complexity index is 1020. The number of H-pyrrole nitrogens is 1. The van der Waals surface area contributed by atoms with Crippen molar-refractivity contribution >= 4 is 40.3 Å². The molecule has 1 aliphatic rings. The van der Waals surface area contributed by atoms with Crippen molar-refractivity contribution in [3.63, 3.8) is 0 Å². The first-order chi connectivity index (χ1) is 14.1. The Hall–Kier alpha value is -3.13. The van der Waals surface area contributed by atoms with Crippen molar-refractivity contribution in [2.75, 3.05) is 24.5 Å². The lowest BCUT2D eigenvalue weighted by molar-refractivity contribution is -0.120. The van der Waals surface area contributed by atoms with Crippen LogP contribution in [0, 0.1) is 0 Å². The predicted octanol–water partition coefficient (Wildman–Crippen LogP) is 2.13. The summed E-state index contributed by atoms with van der Waals surface area (Å²) in [5.41, 5.74) is 1.26. The smallest absolute Gasteiger partial charge is 0.251 e. The quantitative estimate of drug-likeness (QED) is 0.595. The third kappa shape index (κ3) is 4.48. The average molecular weight is 413 g/mol. The number of nitrogens with zero attached hydrogens (tertiary/aromatic N) is 3. The summed E-state index contributed by atoms with van der Waals surface area (Å²) in [5, 5.41) is 7.17. The number of carbonyl (C=O) groups is 2. The molecule has 0 bridgehead atoms. The maximum absolute atomic E-state index is 12.3. The number of piperidine rings is 1. The molecule has 1 saturated heterocycles. The zero-order chi connectivity index (χ0) is 20.2. The molecule has 3 aromatic rings. The van der Waals surface area contributed by atoms with Crippen molar-refractivity contribution < 1.29 is 9.59 Å². The molecule has 0 aliphatic carbocycles. The number of carbonyl (C=O) groups excluding carboxylic acids is 2. The number of nitrogens with one attached hydrogen (secondary N) is 3. The molecule has 8 nitrogen and oxygen atoms in total. The van der Waals surface area contributed by atoms with Crippen LogP contribution < -0.4 is 15.5 Å². The number of benzene rings is 1. The minimum Gasteiger partial charge on any atom is -0.354 e. The molecule has 0 spiro atoms. The van der Waals surface area contributed by atoms with Gasteiger partial charge in [0.05, 0.1) is 11.9 Å². The fourth-order valence-corrected chi connectivity index (χ4v) is 3.67. The van der Waals surface area contributed by atoms with Gasteiger partial charge in [-0.1, -0.05) is 11.6 Å². The van der Waals surface area contributed by atoms with E-state index >= 15 is 0 Å². The molecule has 9 heteroatoms. The van der Waals surface area contributed by atoms with Gasteiger partial charge >= 0.3 is 0 Å². The van der Waals surface area contributed by atoms with Crippen molar-refractivity contribution in [1.82, 2.24) is 25.6 Å². The lowest BCUT2D eigenvalue weighted by atomic mass is 10.1. The predicted molar refractivity (Wildman–Crippen MR) is 111 cm³/mol. The fraction of sp³-hybridized carbons (Fsp3) is 0.300. The van der Waals surface area contributed by atoms with E-state index in [4.69, 9.17) is 11.6 Å². The summed E-state index contributed by atoms with van der Waals surface area (Å²) in [6.45, 7) is 1.46. The van der Waals surface area contributed by atoms with Crippen LogP contribution in [0.2, 0.25) is 5.02 Å². The maximum atomic E-state index is 12.3. The van der Waals surface area contributed by atoms with E-state index in [-0.39, 0.29) is 24.4 Å². The van der Waals surface area contributed by atoms with Crippen LogP contribution >= 0.6 is 11.6 Å². The number of amides is 2. The van der Waals surface area contributed by atoms with E-state index < -0.39 is 0 Å². The highest BCUT2D eigenvalue weighted by Crippen LogP contribution is 2.24. The summed E-state index contributed by atoms with van der Waals surface area (Å²) in [5.74, 6) is 0.345. The van der Waals surface area contributed by atoms with Gasteiger partial charge in [-0.2, -0.15) is 0 Å². The van der Waals surface area contributed by atoms with E-state index in [2.05, 4.69) is 30.5 Å². The summed E-state index contributed by atoms with van der Waals surface area (Å²) in [7, 11) is 0. The largest absolute Gasteiger partial charge is 0.354 e. The van der Waals surface area contributed by atoms with E-state index in [1.165, 1.54) is 0 Å². The molecule has 2 amide bonds. The number of fused-ring (bicyclic) bond motifs is 1. The van der Waals surface area contributed by atoms with Crippen LogP contribution in [0.3, 0.4) is 0 Å². The minimum atomic E-state index is -0.307. The van der Waals surface area contributed by atoms with E-state index in [9.17, 15) is 9.59 Å². The topological polar surface area (TPSA) is 103 Å². The molecule has 1 atom stereocenters. The molecular formula is C20H21ClN6O2. The zero-order valence-electron chi connectivity index (χ0n) is 15.7. The van der Waals surface area contributed by atoms with Crippen molar-refractivity contribution in [3.8, 4) is 0 Å². The van der Waals surface area contributed by atoms with Gasteiger partial charge in [0.25, 0.3) is 5.91 Å². The Kier molecular flexibility index (Phi) is 5.62. The van der Waals surface area contributed by atoms with Gasteiger partial charge in [0.15, 0.2) is 0 Å². The van der Waals surface area contributed by atoms with Gasteiger partial charge in [-0.15, -0.1) is 0 Å². The van der Waals surface area contributed by atoms with Crippen molar-refractivity contribution in [1.29, 1.82) is 0 Å². The second-order valence-corrected chi connectivity index (χ2v) is 7.42. The molecule has 3 heterocycles. The first-order valence-electron chi connectivity index (χ1n) is 9.46. The molecule has 3 N–H and O–H groups in total. The first-order valence-corrected chi connectivity index (χ1v) is 9.84. The number of hydrogen-bond donors (Lipinski definition) is 3. The normalized spacial score (nSPS) is 16.6. The summed E-state index contributed by atoms with van der Waals surface area (Å²) in [6, 6.07) is 8.48. The Balaban J connectivity index is 1.32. The summed E-state index contributed by atoms with van der Waals surface area (Å²) >= 11 is 5.82. The molecule has 0 unspecified atom stereocenters. The lowest BCUT2D eigenvalue weighted by Crippen LogP contribution is -2.50. The SMILES string of the molecule is O=C(CNC(=O)c1ccc(Cl)cc1)N[C@H]1CCCN(c2ncnc3[nH]ccc23)C1. The highest BCUT2D eigenvalue weighted by molar-refractivity contribution is 6.30. The number of rotatable bonds is 5. The number of aromatic amines is 1. The Labute approximate surface area is 172 Å². The monoisotopic (exact) mass is 412 g/mol. The number of aromatic nitrogens is 3. The first kappa shape index (κ1) is 19.2. The highest BCUT2D eigenvalue weighted by Gasteiger charge is 2.24. The van der Waals surface area contributed by atoms with E-state index in [1.807, 2.05) is 12.3 Å². The van der Waals surface area contributed by atoms with Crippen LogP contribution in [0.15, 0.2) is 42.9 Å². The van der Waals surface area contributed by atoms with Crippen molar-refractivity contribution in [2.24, 2.45) is 0 Å². The van der Waals surface area contributed by atoms with Gasteiger partial charge in [0.1, 0.15) is 17.8 Å². The summed E-state index contributed by atoms with van der Waals surface area (Å²) in [4.78, 5) is 38.4. The minimum absolute atomic E-state index is 0.00681. The summed E-state index contributed by atoms with van der Waals surface area (Å²) < 4.78 is 0. The number of halogens is 1. The van der Waals surface area contributed by atoms with Crippen LogP contribution in [-0.4, -0.2) is 52.4 Å². The zero-order valence-corrected chi connectivity index (χ0v) is 16.4. The van der Waals surface area contributed by atoms with Gasteiger partial charge in [0.2, 0.25) is 5.91 Å². The van der Waals surface area contributed by atoms with Crippen LogP contribution in [0.1, 0.15) is 23.2 Å². The van der Waals surface area contributed by atoms with Gasteiger partial charge in [-0.25, -0.2) is 9.97 Å². The second kappa shape index (κ2) is 8.48. The van der Waals surface area contributed by atoms with Gasteiger partial charge in [0, 0.05) is 35.9 Å². The van der Waals surface area contributed by atoms with Gasteiger partial charge in [-0.3, -0.25) is 9.59 Å². The van der Waals surface area contributed by atoms with Crippen LogP contribution in [0.5, 0.6) is 0 Å². The lowest BCUT2D eigenvalue weighted by Gasteiger charge is -2.34. The Morgan fingerprint density at radius 1 is 1.21 bits per heavy atom. The van der Waals surface area contributed by atoms with E-state index in [0.717, 1.165) is 36.2 Å². The average Bonchev–Trinajstić information content (AvgIpc) is 3.22. The molecular weight excluding hydrogens is 392 g/mol. The van der Waals surface area contributed by atoms with Crippen molar-refractivity contribution in [3.05, 3.63) is 53.4 Å². The van der Waals surface area contributed by atoms with Crippen LogP contribution in [-0.2, 0) is 4.79 Å².